The van der Waals surface area contributed by atoms with Crippen molar-refractivity contribution >= 4 is 43.2 Å². The van der Waals surface area contributed by atoms with Crippen LogP contribution in [0.5, 0.6) is 0 Å². The van der Waals surface area contributed by atoms with Crippen LogP contribution in [0, 0.1) is 34.6 Å². The Hall–Kier alpha value is -0.120. The van der Waals surface area contributed by atoms with Gasteiger partial charge in [-0.25, -0.2) is 0 Å². The molecule has 1 unspecified atom stereocenters. The van der Waals surface area contributed by atoms with Crippen LogP contribution in [-0.2, 0) is 0 Å². The van der Waals surface area contributed by atoms with Crippen molar-refractivity contribution in [3.8, 4) is 0 Å². The zero-order valence-electron chi connectivity index (χ0n) is 11.9. The minimum atomic E-state index is 0.271. The second-order valence-corrected chi connectivity index (χ2v) is 8.29. The molecule has 0 aliphatic heterocycles. The highest BCUT2D eigenvalue weighted by Gasteiger charge is 2.20. The largest absolute Gasteiger partial charge is 0.136 e. The first-order valence-corrected chi connectivity index (χ1v) is 8.88. The van der Waals surface area contributed by atoms with Crippen LogP contribution in [0.15, 0.2) is 15.2 Å². The molecule has 2 aromatic rings. The highest BCUT2D eigenvalue weighted by Crippen LogP contribution is 2.40. The van der Waals surface area contributed by atoms with Gasteiger partial charge in [0.15, 0.2) is 0 Å². The lowest BCUT2D eigenvalue weighted by molar-refractivity contribution is 1.06. The second kappa shape index (κ2) is 5.71. The van der Waals surface area contributed by atoms with Crippen molar-refractivity contribution < 1.29 is 0 Å². The lowest BCUT2D eigenvalue weighted by Crippen LogP contribution is -2.05. The zero-order valence-corrected chi connectivity index (χ0v) is 15.9. The van der Waals surface area contributed by atoms with Crippen LogP contribution in [0.2, 0.25) is 0 Å². The second-order valence-electron chi connectivity index (χ2n) is 5.09. The third-order valence-corrected chi connectivity index (χ3v) is 6.70. The summed E-state index contributed by atoms with van der Waals surface area (Å²) in [6.07, 6.45) is 0. The van der Waals surface area contributed by atoms with E-state index in [4.69, 9.17) is 0 Å². The van der Waals surface area contributed by atoms with E-state index in [-0.39, 0.29) is 4.83 Å². The molecule has 1 atom stereocenters. The van der Waals surface area contributed by atoms with Crippen LogP contribution in [0.3, 0.4) is 0 Å². The number of hydrogen-bond acceptors (Lipinski definition) is 1. The molecule has 0 fully saturated rings. The molecule has 0 bridgehead atoms. The van der Waals surface area contributed by atoms with E-state index in [1.54, 1.807) is 11.3 Å². The monoisotopic (exact) mass is 400 g/mol. The van der Waals surface area contributed by atoms with Gasteiger partial charge in [0.05, 0.1) is 8.61 Å². The Labute approximate surface area is 136 Å². The van der Waals surface area contributed by atoms with Crippen LogP contribution in [0.4, 0.5) is 0 Å². The minimum Gasteiger partial charge on any atom is -0.136 e. The summed E-state index contributed by atoms with van der Waals surface area (Å²) in [5.41, 5.74) is 9.81. The van der Waals surface area contributed by atoms with Gasteiger partial charge in [-0.15, -0.1) is 11.3 Å². The molecule has 0 amide bonds. The number of alkyl halides is 1. The first-order valence-electron chi connectivity index (χ1n) is 6.29. The van der Waals surface area contributed by atoms with Gasteiger partial charge in [0.1, 0.15) is 0 Å². The van der Waals surface area contributed by atoms with Gasteiger partial charge in [0.2, 0.25) is 0 Å². The minimum absolute atomic E-state index is 0.271. The average Bonchev–Trinajstić information content (AvgIpc) is 2.81. The molecule has 0 N–H and O–H groups in total. The third kappa shape index (κ3) is 2.70. The number of benzene rings is 1. The van der Waals surface area contributed by atoms with Gasteiger partial charge in [-0.1, -0.05) is 15.9 Å². The first-order chi connectivity index (χ1) is 8.84. The lowest BCUT2D eigenvalue weighted by atomic mass is 9.87. The molecule has 1 aromatic heterocycles. The summed E-state index contributed by atoms with van der Waals surface area (Å²) < 4.78 is 1.18. The molecule has 2 rings (SSSR count). The van der Waals surface area contributed by atoms with Crippen molar-refractivity contribution in [2.45, 2.75) is 39.4 Å². The van der Waals surface area contributed by atoms with Gasteiger partial charge < -0.3 is 0 Å². The summed E-state index contributed by atoms with van der Waals surface area (Å²) in [4.78, 5) is 0.271. The lowest BCUT2D eigenvalue weighted by Gasteiger charge is -2.22. The molecule has 0 aliphatic rings. The molecule has 0 radical (unpaired) electrons. The van der Waals surface area contributed by atoms with Gasteiger partial charge in [-0.05, 0) is 101 Å². The summed E-state index contributed by atoms with van der Waals surface area (Å²) in [6, 6.07) is 2.20. The molecule has 1 aromatic carbocycles. The number of halogens is 2. The van der Waals surface area contributed by atoms with Crippen LogP contribution in [0.1, 0.15) is 43.8 Å². The Balaban J connectivity index is 2.63. The highest BCUT2D eigenvalue weighted by molar-refractivity contribution is 9.11. The fourth-order valence-electron chi connectivity index (χ4n) is 2.53. The van der Waals surface area contributed by atoms with Crippen LogP contribution in [-0.4, -0.2) is 0 Å². The van der Waals surface area contributed by atoms with E-state index in [0.29, 0.717) is 0 Å². The van der Waals surface area contributed by atoms with Crippen molar-refractivity contribution in [1.29, 1.82) is 0 Å². The molecule has 0 spiro atoms. The fraction of sp³-hybridized carbons (Fsp3) is 0.375. The van der Waals surface area contributed by atoms with Crippen molar-refractivity contribution in [3.05, 3.63) is 54.2 Å². The fourth-order valence-corrected chi connectivity index (χ4v) is 4.86. The van der Waals surface area contributed by atoms with Crippen LogP contribution in [0.25, 0.3) is 0 Å². The first kappa shape index (κ1) is 15.3. The van der Waals surface area contributed by atoms with E-state index >= 15 is 0 Å². The Bertz CT molecular complexity index is 597. The molecule has 0 saturated carbocycles. The summed E-state index contributed by atoms with van der Waals surface area (Å²) in [7, 11) is 0. The molecule has 0 saturated heterocycles. The third-order valence-electron chi connectivity index (χ3n) is 4.19. The number of thiophene rings is 1. The molecule has 3 heteroatoms. The normalized spacial score (nSPS) is 12.8. The average molecular weight is 402 g/mol. The molecule has 0 aliphatic carbocycles. The van der Waals surface area contributed by atoms with Gasteiger partial charge in [0.25, 0.3) is 0 Å². The number of rotatable bonds is 2. The topological polar surface area (TPSA) is 0 Å². The smallest absolute Gasteiger partial charge is 0.0701 e. The number of hydrogen-bond donors (Lipinski definition) is 0. The summed E-state index contributed by atoms with van der Waals surface area (Å²) in [5, 5.41) is 2.22. The Morgan fingerprint density at radius 2 is 1.37 bits per heavy atom. The molecule has 1 heterocycles. The SMILES string of the molecule is Cc1c(C)c(C)c(C(Br)c2csc(Br)c2)c(C)c1C. The van der Waals surface area contributed by atoms with Crippen LogP contribution < -0.4 is 0 Å². The van der Waals surface area contributed by atoms with Crippen molar-refractivity contribution in [3.63, 3.8) is 0 Å². The standard InChI is InChI=1S/C16H18Br2S/c1-8-9(2)11(4)15(12(5)10(8)3)16(18)13-6-14(17)19-7-13/h6-7,16H,1-5H3. The van der Waals surface area contributed by atoms with E-state index in [0.717, 1.165) is 0 Å². The quantitative estimate of drug-likeness (QED) is 0.501. The van der Waals surface area contributed by atoms with E-state index in [1.807, 2.05) is 0 Å². The van der Waals surface area contributed by atoms with Crippen LogP contribution >= 0.6 is 43.2 Å². The van der Waals surface area contributed by atoms with Crippen molar-refractivity contribution in [1.82, 2.24) is 0 Å². The predicted molar refractivity (Wildman–Crippen MR) is 92.9 cm³/mol. The van der Waals surface area contributed by atoms with Crippen molar-refractivity contribution in [2.75, 3.05) is 0 Å². The maximum Gasteiger partial charge on any atom is 0.0701 e. The van der Waals surface area contributed by atoms with E-state index in [2.05, 4.69) is 77.9 Å². The van der Waals surface area contributed by atoms with E-state index in [1.165, 1.54) is 42.7 Å². The maximum atomic E-state index is 3.89. The van der Waals surface area contributed by atoms with Crippen molar-refractivity contribution in [2.24, 2.45) is 0 Å². The Morgan fingerprint density at radius 3 is 1.79 bits per heavy atom. The van der Waals surface area contributed by atoms with Gasteiger partial charge in [-0.2, -0.15) is 0 Å². The Kier molecular flexibility index (Phi) is 4.59. The summed E-state index contributed by atoms with van der Waals surface area (Å²) in [5.74, 6) is 0. The van der Waals surface area contributed by atoms with E-state index in [9.17, 15) is 0 Å². The van der Waals surface area contributed by atoms with E-state index < -0.39 is 0 Å². The predicted octanol–water partition coefficient (Wildman–Crippen LogP) is 6.54. The molecule has 0 nitrogen and oxygen atoms in total. The molecular formula is C16H18Br2S. The Morgan fingerprint density at radius 1 is 0.895 bits per heavy atom. The van der Waals surface area contributed by atoms with Gasteiger partial charge in [0, 0.05) is 0 Å². The molecular weight excluding hydrogens is 384 g/mol. The van der Waals surface area contributed by atoms with Gasteiger partial charge >= 0.3 is 0 Å². The van der Waals surface area contributed by atoms with Gasteiger partial charge in [-0.3, -0.25) is 0 Å². The summed E-state index contributed by atoms with van der Waals surface area (Å²) >= 11 is 9.17. The molecule has 19 heavy (non-hydrogen) atoms. The highest BCUT2D eigenvalue weighted by atomic mass is 79.9. The maximum absolute atomic E-state index is 3.89. The molecule has 102 valence electrons. The zero-order chi connectivity index (χ0) is 14.3. The summed E-state index contributed by atoms with van der Waals surface area (Å²) in [6.45, 7) is 11.1.